The van der Waals surface area contributed by atoms with E-state index < -0.39 is 11.8 Å². The van der Waals surface area contributed by atoms with Crippen molar-refractivity contribution in [2.75, 3.05) is 4.90 Å². The molecule has 0 saturated carbocycles. The predicted molar refractivity (Wildman–Crippen MR) is 110 cm³/mol. The van der Waals surface area contributed by atoms with E-state index in [0.717, 1.165) is 10.2 Å². The Morgan fingerprint density at radius 3 is 2.38 bits per heavy atom. The van der Waals surface area contributed by atoms with Crippen LogP contribution in [0.4, 0.5) is 5.69 Å². The highest BCUT2D eigenvalue weighted by Crippen LogP contribution is 2.25. The van der Waals surface area contributed by atoms with Crippen LogP contribution in [0.25, 0.3) is 6.08 Å². The Morgan fingerprint density at radius 1 is 1.12 bits per heavy atom. The summed E-state index contributed by atoms with van der Waals surface area (Å²) in [5.41, 5.74) is 1.25. The average Bonchev–Trinajstić information content (AvgIpc) is 3.01. The minimum absolute atomic E-state index is 0.0470. The third kappa shape index (κ3) is 3.50. The van der Waals surface area contributed by atoms with Crippen molar-refractivity contribution < 1.29 is 9.59 Å². The van der Waals surface area contributed by atoms with Crippen molar-refractivity contribution in [3.63, 3.8) is 0 Å². The van der Waals surface area contributed by atoms with Crippen LogP contribution in [0.1, 0.15) is 26.5 Å². The van der Waals surface area contributed by atoms with Gasteiger partial charge in [0.15, 0.2) is 5.11 Å². The Balaban J connectivity index is 2.04. The number of benzene rings is 1. The molecule has 0 aliphatic carbocycles. The van der Waals surface area contributed by atoms with Crippen molar-refractivity contribution in [1.82, 2.24) is 9.88 Å². The van der Waals surface area contributed by atoms with Crippen LogP contribution in [-0.2, 0) is 15.1 Å². The zero-order valence-electron chi connectivity index (χ0n) is 14.6. The monoisotopic (exact) mass is 431 g/mol. The molecule has 134 valence electrons. The second kappa shape index (κ2) is 6.81. The van der Waals surface area contributed by atoms with E-state index in [0.29, 0.717) is 5.69 Å². The second-order valence-electron chi connectivity index (χ2n) is 6.91. The molecule has 0 atom stereocenters. The van der Waals surface area contributed by atoms with Crippen molar-refractivity contribution >= 4 is 56.8 Å². The zero-order chi connectivity index (χ0) is 19.1. The van der Waals surface area contributed by atoms with Gasteiger partial charge in [-0.1, -0.05) is 15.9 Å². The number of nitrogens with zero attached hydrogens (tertiary/aromatic N) is 2. The lowest BCUT2D eigenvalue weighted by Crippen LogP contribution is -2.54. The van der Waals surface area contributed by atoms with Crippen LogP contribution in [0.5, 0.6) is 0 Å². The van der Waals surface area contributed by atoms with Gasteiger partial charge in [0.05, 0.1) is 5.69 Å². The molecular formula is C19H18BrN3O2S. The number of amides is 2. The normalized spacial score (nSPS) is 17.0. The van der Waals surface area contributed by atoms with Gasteiger partial charge in [-0.15, -0.1) is 0 Å². The zero-order valence-corrected chi connectivity index (χ0v) is 17.0. The Kier molecular flexibility index (Phi) is 4.86. The first-order valence-corrected chi connectivity index (χ1v) is 9.23. The van der Waals surface area contributed by atoms with Crippen LogP contribution in [0.15, 0.2) is 52.6 Å². The predicted octanol–water partition coefficient (Wildman–Crippen LogP) is 3.84. The Bertz CT molecular complexity index is 923. The van der Waals surface area contributed by atoms with Crippen molar-refractivity contribution in [1.29, 1.82) is 0 Å². The Hall–Kier alpha value is -2.25. The molecule has 1 fully saturated rings. The first-order chi connectivity index (χ1) is 12.2. The summed E-state index contributed by atoms with van der Waals surface area (Å²) in [4.78, 5) is 26.7. The number of aromatic nitrogens is 1. The van der Waals surface area contributed by atoms with Gasteiger partial charge in [0, 0.05) is 21.9 Å². The van der Waals surface area contributed by atoms with Crippen LogP contribution >= 0.6 is 28.1 Å². The fraction of sp³-hybridized carbons (Fsp3) is 0.211. The van der Waals surface area contributed by atoms with Crippen molar-refractivity contribution in [3.05, 3.63) is 58.3 Å². The van der Waals surface area contributed by atoms with E-state index in [1.165, 1.54) is 4.90 Å². The van der Waals surface area contributed by atoms with Crippen LogP contribution in [0.2, 0.25) is 0 Å². The number of nitrogens with one attached hydrogen (secondary N) is 1. The summed E-state index contributed by atoms with van der Waals surface area (Å²) in [5.74, 6) is -0.933. The molecule has 1 aliphatic heterocycles. The molecule has 2 aromatic rings. The number of carbonyl (C=O) groups excluding carboxylic acids is 2. The van der Waals surface area contributed by atoms with Crippen LogP contribution in [0, 0.1) is 0 Å². The molecule has 0 unspecified atom stereocenters. The van der Waals surface area contributed by atoms with Gasteiger partial charge in [-0.3, -0.25) is 19.8 Å². The van der Waals surface area contributed by atoms with Crippen LogP contribution in [0.3, 0.4) is 0 Å². The van der Waals surface area contributed by atoms with Crippen LogP contribution in [-0.4, -0.2) is 21.5 Å². The number of hydrogen-bond acceptors (Lipinski definition) is 3. The smallest absolute Gasteiger partial charge is 0.270 e. The largest absolute Gasteiger partial charge is 0.343 e. The minimum atomic E-state index is -0.491. The highest BCUT2D eigenvalue weighted by atomic mass is 79.9. The van der Waals surface area contributed by atoms with Gasteiger partial charge >= 0.3 is 0 Å². The highest BCUT2D eigenvalue weighted by Gasteiger charge is 2.34. The highest BCUT2D eigenvalue weighted by molar-refractivity contribution is 9.10. The maximum atomic E-state index is 13.0. The Morgan fingerprint density at radius 2 is 1.77 bits per heavy atom. The van der Waals surface area contributed by atoms with E-state index in [4.69, 9.17) is 12.2 Å². The van der Waals surface area contributed by atoms with E-state index in [2.05, 4.69) is 42.0 Å². The summed E-state index contributed by atoms with van der Waals surface area (Å²) in [5, 5.41) is 2.68. The average molecular weight is 432 g/mol. The number of carbonyl (C=O) groups is 2. The molecule has 1 aromatic heterocycles. The van der Waals surface area contributed by atoms with E-state index in [1.54, 1.807) is 18.2 Å². The van der Waals surface area contributed by atoms with Gasteiger partial charge in [0.1, 0.15) is 5.57 Å². The second-order valence-corrected chi connectivity index (χ2v) is 8.21. The van der Waals surface area contributed by atoms with Gasteiger partial charge in [-0.05, 0) is 75.5 Å². The van der Waals surface area contributed by atoms with Gasteiger partial charge in [0.2, 0.25) is 0 Å². The van der Waals surface area contributed by atoms with E-state index >= 15 is 0 Å². The van der Waals surface area contributed by atoms with Crippen LogP contribution < -0.4 is 10.2 Å². The Labute approximate surface area is 165 Å². The molecule has 0 bridgehead atoms. The maximum Gasteiger partial charge on any atom is 0.270 e. The fourth-order valence-electron chi connectivity index (χ4n) is 2.75. The molecule has 2 heterocycles. The molecule has 0 radical (unpaired) electrons. The van der Waals surface area contributed by atoms with E-state index in [-0.39, 0.29) is 16.2 Å². The van der Waals surface area contributed by atoms with Gasteiger partial charge in [-0.25, -0.2) is 0 Å². The number of thiocarbonyl (C=S) groups is 1. The number of hydrogen-bond donors (Lipinski definition) is 1. The summed E-state index contributed by atoms with van der Waals surface area (Å²) in [6.45, 7) is 6.17. The fourth-order valence-corrected chi connectivity index (χ4v) is 3.30. The van der Waals surface area contributed by atoms with E-state index in [1.807, 2.05) is 35.0 Å². The molecule has 1 aliphatic rings. The topological polar surface area (TPSA) is 54.3 Å². The van der Waals surface area contributed by atoms with E-state index in [9.17, 15) is 9.59 Å². The molecule has 2 amide bonds. The summed E-state index contributed by atoms with van der Waals surface area (Å²) in [6.07, 6.45) is 3.53. The summed E-state index contributed by atoms with van der Waals surface area (Å²) >= 11 is 8.58. The lowest BCUT2D eigenvalue weighted by molar-refractivity contribution is -0.122. The molecule has 5 nitrogen and oxygen atoms in total. The van der Waals surface area contributed by atoms with Gasteiger partial charge in [0.25, 0.3) is 11.8 Å². The summed E-state index contributed by atoms with van der Waals surface area (Å²) in [6, 6.07) is 10.9. The number of rotatable bonds is 2. The third-order valence-electron chi connectivity index (χ3n) is 3.98. The molecule has 26 heavy (non-hydrogen) atoms. The SMILES string of the molecule is CC(C)(C)n1cccc1C=C1C(=O)NC(=S)N(c2ccc(Br)cc2)C1=O. The van der Waals surface area contributed by atoms with Gasteiger partial charge in [-0.2, -0.15) is 0 Å². The standard InChI is InChI=1S/C19H18BrN3O2S/c1-19(2,3)22-10-4-5-14(22)11-15-16(24)21-18(26)23(17(15)25)13-8-6-12(20)7-9-13/h4-11H,1-3H3,(H,21,24,26). The molecular weight excluding hydrogens is 414 g/mol. The summed E-state index contributed by atoms with van der Waals surface area (Å²) in [7, 11) is 0. The molecule has 1 aromatic carbocycles. The van der Waals surface area contributed by atoms with Crippen molar-refractivity contribution in [2.24, 2.45) is 0 Å². The quantitative estimate of drug-likeness (QED) is 0.446. The third-order valence-corrected chi connectivity index (χ3v) is 4.80. The maximum absolute atomic E-state index is 13.0. The summed E-state index contributed by atoms with van der Waals surface area (Å²) < 4.78 is 2.90. The lowest BCUT2D eigenvalue weighted by atomic mass is 10.1. The first kappa shape index (κ1) is 18.5. The molecule has 7 heteroatoms. The molecule has 0 spiro atoms. The van der Waals surface area contributed by atoms with Crippen molar-refractivity contribution in [3.8, 4) is 0 Å². The molecule has 3 rings (SSSR count). The molecule has 1 saturated heterocycles. The lowest BCUT2D eigenvalue weighted by Gasteiger charge is -2.29. The first-order valence-electron chi connectivity index (χ1n) is 8.03. The molecule has 1 N–H and O–H groups in total. The van der Waals surface area contributed by atoms with Gasteiger partial charge < -0.3 is 4.57 Å². The van der Waals surface area contributed by atoms with Crippen molar-refractivity contribution in [2.45, 2.75) is 26.3 Å². The number of halogens is 1. The number of anilines is 1. The minimum Gasteiger partial charge on any atom is -0.343 e.